The number of aromatic nitrogens is 2. The molecule has 1 heterocycles. The fourth-order valence-corrected chi connectivity index (χ4v) is 1.48. The Hall–Kier alpha value is -1.28. The highest BCUT2D eigenvalue weighted by atomic mass is 35.5. The largest absolute Gasteiger partial charge is 0.264 e. The third kappa shape index (κ3) is 1.80. The first-order valence-corrected chi connectivity index (χ1v) is 4.87. The van der Waals surface area contributed by atoms with E-state index in [0.29, 0.717) is 0 Å². The summed E-state index contributed by atoms with van der Waals surface area (Å²) < 4.78 is 1.90. The van der Waals surface area contributed by atoms with Crippen molar-refractivity contribution in [2.45, 2.75) is 13.5 Å². The van der Waals surface area contributed by atoms with E-state index in [-0.39, 0.29) is 0 Å². The molecule has 1 aromatic carbocycles. The molecule has 0 aliphatic carbocycles. The normalized spacial score (nSPS) is 10.4. The average molecular weight is 207 g/mol. The lowest BCUT2D eigenvalue weighted by molar-refractivity contribution is 0.665. The Morgan fingerprint density at radius 1 is 1.29 bits per heavy atom. The van der Waals surface area contributed by atoms with Gasteiger partial charge in [0.2, 0.25) is 0 Å². The van der Waals surface area contributed by atoms with Crippen LogP contribution in [-0.4, -0.2) is 9.78 Å². The first kappa shape index (κ1) is 9.28. The first-order valence-electron chi connectivity index (χ1n) is 4.49. The molecule has 0 aliphatic heterocycles. The highest BCUT2D eigenvalue weighted by Crippen LogP contribution is 2.14. The summed E-state index contributed by atoms with van der Waals surface area (Å²) in [5.41, 5.74) is 2.24. The smallest absolute Gasteiger partial charge is 0.0815 e. The first-order chi connectivity index (χ1) is 6.77. The highest BCUT2D eigenvalue weighted by Gasteiger charge is 2.03. The van der Waals surface area contributed by atoms with E-state index in [1.54, 1.807) is 6.20 Å². The summed E-state index contributed by atoms with van der Waals surface area (Å²) >= 11 is 5.91. The molecule has 2 nitrogen and oxygen atoms in total. The predicted molar refractivity (Wildman–Crippen MR) is 57.5 cm³/mol. The van der Waals surface area contributed by atoms with Crippen LogP contribution in [0.3, 0.4) is 0 Å². The number of hydrogen-bond donors (Lipinski definition) is 0. The van der Waals surface area contributed by atoms with Gasteiger partial charge in [0.05, 0.1) is 23.5 Å². The fraction of sp³-hybridized carbons (Fsp3) is 0.182. The minimum absolute atomic E-state index is 0.723. The lowest BCUT2D eigenvalue weighted by Crippen LogP contribution is -2.03. The summed E-state index contributed by atoms with van der Waals surface area (Å²) in [5, 5.41) is 4.92. The van der Waals surface area contributed by atoms with Gasteiger partial charge in [0.15, 0.2) is 0 Å². The number of nitrogens with zero attached hydrogens (tertiary/aromatic N) is 2. The Labute approximate surface area is 88.1 Å². The van der Waals surface area contributed by atoms with Crippen LogP contribution in [0.25, 0.3) is 0 Å². The van der Waals surface area contributed by atoms with Crippen molar-refractivity contribution < 1.29 is 0 Å². The molecule has 2 aromatic rings. The lowest BCUT2D eigenvalue weighted by atomic mass is 10.2. The van der Waals surface area contributed by atoms with Gasteiger partial charge in [-0.2, -0.15) is 5.10 Å². The van der Waals surface area contributed by atoms with Crippen molar-refractivity contribution in [2.75, 3.05) is 0 Å². The third-order valence-corrected chi connectivity index (χ3v) is 2.59. The molecule has 0 fully saturated rings. The van der Waals surface area contributed by atoms with Crippen LogP contribution < -0.4 is 0 Å². The van der Waals surface area contributed by atoms with Crippen molar-refractivity contribution >= 4 is 11.6 Å². The molecule has 0 unspecified atom stereocenters. The second-order valence-electron chi connectivity index (χ2n) is 3.22. The summed E-state index contributed by atoms with van der Waals surface area (Å²) in [6, 6.07) is 10.2. The molecule has 0 amide bonds. The Morgan fingerprint density at radius 2 is 2.00 bits per heavy atom. The molecule has 2 rings (SSSR count). The standard InChI is InChI=1S/C11H11ClN2/c1-9-11(12)7-13-14(9)8-10-5-3-2-4-6-10/h2-7H,8H2,1H3. The summed E-state index contributed by atoms with van der Waals surface area (Å²) in [4.78, 5) is 0. The molecule has 0 saturated heterocycles. The van der Waals surface area contributed by atoms with Crippen molar-refractivity contribution in [1.82, 2.24) is 9.78 Å². The van der Waals surface area contributed by atoms with Crippen LogP contribution in [-0.2, 0) is 6.54 Å². The molecule has 14 heavy (non-hydrogen) atoms. The maximum atomic E-state index is 5.91. The second kappa shape index (κ2) is 3.84. The minimum Gasteiger partial charge on any atom is -0.264 e. The van der Waals surface area contributed by atoms with Crippen LogP contribution in [0.2, 0.25) is 5.02 Å². The van der Waals surface area contributed by atoms with Crippen molar-refractivity contribution in [2.24, 2.45) is 0 Å². The molecule has 3 heteroatoms. The highest BCUT2D eigenvalue weighted by molar-refractivity contribution is 6.31. The van der Waals surface area contributed by atoms with Crippen molar-refractivity contribution in [3.8, 4) is 0 Å². The molecule has 0 spiro atoms. The zero-order chi connectivity index (χ0) is 9.97. The van der Waals surface area contributed by atoms with E-state index in [4.69, 9.17) is 11.6 Å². The molecular formula is C11H11ClN2. The maximum absolute atomic E-state index is 5.91. The zero-order valence-corrected chi connectivity index (χ0v) is 8.70. The summed E-state index contributed by atoms with van der Waals surface area (Å²) in [6.07, 6.45) is 1.68. The van der Waals surface area contributed by atoms with Crippen LogP contribution in [0.4, 0.5) is 0 Å². The van der Waals surface area contributed by atoms with E-state index >= 15 is 0 Å². The van der Waals surface area contributed by atoms with Gasteiger partial charge in [-0.15, -0.1) is 0 Å². The van der Waals surface area contributed by atoms with Crippen molar-refractivity contribution in [3.63, 3.8) is 0 Å². The fourth-order valence-electron chi connectivity index (χ4n) is 1.34. The van der Waals surface area contributed by atoms with Crippen LogP contribution in [0, 0.1) is 6.92 Å². The maximum Gasteiger partial charge on any atom is 0.0815 e. The van der Waals surface area contributed by atoms with Gasteiger partial charge in [0, 0.05) is 0 Å². The van der Waals surface area contributed by atoms with Gasteiger partial charge in [-0.05, 0) is 12.5 Å². The van der Waals surface area contributed by atoms with E-state index in [0.717, 1.165) is 17.3 Å². The molecule has 72 valence electrons. The quantitative estimate of drug-likeness (QED) is 0.739. The van der Waals surface area contributed by atoms with Gasteiger partial charge < -0.3 is 0 Å². The van der Waals surface area contributed by atoms with Gasteiger partial charge in [0.25, 0.3) is 0 Å². The predicted octanol–water partition coefficient (Wildman–Crippen LogP) is 2.89. The van der Waals surface area contributed by atoms with Crippen molar-refractivity contribution in [3.05, 3.63) is 52.8 Å². The van der Waals surface area contributed by atoms with Crippen molar-refractivity contribution in [1.29, 1.82) is 0 Å². The second-order valence-corrected chi connectivity index (χ2v) is 3.63. The van der Waals surface area contributed by atoms with Gasteiger partial charge in [-0.1, -0.05) is 41.9 Å². The van der Waals surface area contributed by atoms with Crippen LogP contribution in [0.1, 0.15) is 11.3 Å². The molecule has 0 N–H and O–H groups in total. The van der Waals surface area contributed by atoms with E-state index in [2.05, 4.69) is 17.2 Å². The SMILES string of the molecule is Cc1c(Cl)cnn1Cc1ccccc1. The average Bonchev–Trinajstić information content (AvgIpc) is 2.52. The van der Waals surface area contributed by atoms with Gasteiger partial charge in [-0.25, -0.2) is 0 Å². The molecule has 0 bridgehead atoms. The molecule has 0 atom stereocenters. The number of benzene rings is 1. The summed E-state index contributed by atoms with van der Waals surface area (Å²) in [6.45, 7) is 2.75. The van der Waals surface area contributed by atoms with Gasteiger partial charge in [0.1, 0.15) is 0 Å². The van der Waals surface area contributed by atoms with Gasteiger partial charge >= 0.3 is 0 Å². The number of rotatable bonds is 2. The van der Waals surface area contributed by atoms with Crippen LogP contribution in [0.5, 0.6) is 0 Å². The summed E-state index contributed by atoms with van der Waals surface area (Å²) in [5.74, 6) is 0. The summed E-state index contributed by atoms with van der Waals surface area (Å²) in [7, 11) is 0. The Bertz CT molecular complexity index is 420. The number of halogens is 1. The van der Waals surface area contributed by atoms with Gasteiger partial charge in [-0.3, -0.25) is 4.68 Å². The third-order valence-electron chi connectivity index (χ3n) is 2.22. The monoisotopic (exact) mass is 206 g/mol. The van der Waals surface area contributed by atoms with E-state index in [9.17, 15) is 0 Å². The molecule has 0 radical (unpaired) electrons. The van der Waals surface area contributed by atoms with Crippen LogP contribution in [0.15, 0.2) is 36.5 Å². The molecule has 1 aromatic heterocycles. The Morgan fingerprint density at radius 3 is 2.57 bits per heavy atom. The van der Waals surface area contributed by atoms with Crippen LogP contribution >= 0.6 is 11.6 Å². The Balaban J connectivity index is 2.23. The number of hydrogen-bond acceptors (Lipinski definition) is 1. The minimum atomic E-state index is 0.723. The Kier molecular flexibility index (Phi) is 2.55. The van der Waals surface area contributed by atoms with E-state index < -0.39 is 0 Å². The molecule has 0 aliphatic rings. The zero-order valence-electron chi connectivity index (χ0n) is 7.94. The van der Waals surface area contributed by atoms with E-state index in [1.165, 1.54) is 5.56 Å². The lowest BCUT2D eigenvalue weighted by Gasteiger charge is -2.03. The molecule has 0 saturated carbocycles. The topological polar surface area (TPSA) is 17.8 Å². The van der Waals surface area contributed by atoms with E-state index in [1.807, 2.05) is 29.8 Å². The molecular weight excluding hydrogens is 196 g/mol.